The van der Waals surface area contributed by atoms with E-state index in [2.05, 4.69) is 15.6 Å². The van der Waals surface area contributed by atoms with E-state index in [9.17, 15) is 13.2 Å². The van der Waals surface area contributed by atoms with Crippen molar-refractivity contribution in [2.75, 3.05) is 12.4 Å². The van der Waals surface area contributed by atoms with Gasteiger partial charge < -0.3 is 10.6 Å². The number of nitrogens with zero attached hydrogens (tertiary/aromatic N) is 1. The second-order valence-electron chi connectivity index (χ2n) is 5.86. The van der Waals surface area contributed by atoms with Crippen molar-refractivity contribution in [3.63, 3.8) is 0 Å². The number of aromatic nitrogens is 1. The van der Waals surface area contributed by atoms with E-state index >= 15 is 0 Å². The summed E-state index contributed by atoms with van der Waals surface area (Å²) in [6, 6.07) is 7.26. The third-order valence-corrected chi connectivity index (χ3v) is 4.56. The van der Waals surface area contributed by atoms with E-state index in [1.54, 1.807) is 6.07 Å². The van der Waals surface area contributed by atoms with Crippen LogP contribution < -0.4 is 10.6 Å². The first-order valence-electron chi connectivity index (χ1n) is 7.61. The predicted molar refractivity (Wildman–Crippen MR) is 88.4 cm³/mol. The predicted octanol–water partition coefficient (Wildman–Crippen LogP) is 4.14. The van der Waals surface area contributed by atoms with Gasteiger partial charge in [0, 0.05) is 11.1 Å². The lowest BCUT2D eigenvalue weighted by Gasteiger charge is -2.20. The number of alkyl halides is 3. The van der Waals surface area contributed by atoms with Gasteiger partial charge in [0.15, 0.2) is 0 Å². The van der Waals surface area contributed by atoms with Gasteiger partial charge in [-0.1, -0.05) is 23.7 Å². The highest BCUT2D eigenvalue weighted by atomic mass is 35.5. The van der Waals surface area contributed by atoms with Crippen LogP contribution in [0.3, 0.4) is 0 Å². The maximum Gasteiger partial charge on any atom is 0.409 e. The van der Waals surface area contributed by atoms with Gasteiger partial charge in [-0.15, -0.1) is 0 Å². The van der Waals surface area contributed by atoms with E-state index in [-0.39, 0.29) is 11.7 Å². The Kier molecular flexibility index (Phi) is 4.69. The number of halogens is 4. The van der Waals surface area contributed by atoms with Gasteiger partial charge in [-0.2, -0.15) is 13.2 Å². The topological polar surface area (TPSA) is 37.0 Å². The van der Waals surface area contributed by atoms with E-state index in [1.807, 2.05) is 18.2 Å². The molecule has 0 saturated carbocycles. The van der Waals surface area contributed by atoms with Gasteiger partial charge in [-0.05, 0) is 49.2 Å². The fourth-order valence-electron chi connectivity index (χ4n) is 3.09. The highest BCUT2D eigenvalue weighted by molar-refractivity contribution is 6.31. The Bertz CT molecular complexity index is 716. The molecule has 1 aliphatic rings. The molecule has 3 rings (SSSR count). The summed E-state index contributed by atoms with van der Waals surface area (Å²) in [6.07, 6.45) is -1.31. The molecule has 2 aromatic rings. The second kappa shape index (κ2) is 6.61. The highest BCUT2D eigenvalue weighted by Crippen LogP contribution is 2.32. The Morgan fingerprint density at radius 2 is 2.00 bits per heavy atom. The van der Waals surface area contributed by atoms with E-state index in [0.29, 0.717) is 5.69 Å². The van der Waals surface area contributed by atoms with Crippen LogP contribution in [0.2, 0.25) is 5.02 Å². The van der Waals surface area contributed by atoms with Crippen molar-refractivity contribution in [2.24, 2.45) is 0 Å². The molecule has 2 N–H and O–H groups in total. The van der Waals surface area contributed by atoms with Crippen molar-refractivity contribution in [2.45, 2.75) is 31.1 Å². The van der Waals surface area contributed by atoms with Crippen LogP contribution in [-0.4, -0.2) is 24.2 Å². The number of nitrogens with one attached hydrogen (secondary N) is 2. The molecule has 1 aliphatic carbocycles. The summed E-state index contributed by atoms with van der Waals surface area (Å²) in [6.45, 7) is 0. The molecule has 3 nitrogen and oxygen atoms in total. The molecule has 1 aromatic carbocycles. The molecule has 0 saturated heterocycles. The number of anilines is 1. The molecule has 0 aliphatic heterocycles. The van der Waals surface area contributed by atoms with Gasteiger partial charge in [0.05, 0.1) is 17.6 Å². The van der Waals surface area contributed by atoms with Crippen LogP contribution in [0.4, 0.5) is 18.9 Å². The Morgan fingerprint density at radius 1 is 1.21 bits per heavy atom. The summed E-state index contributed by atoms with van der Waals surface area (Å²) in [7, 11) is 1.27. The first kappa shape index (κ1) is 17.0. The van der Waals surface area contributed by atoms with Gasteiger partial charge >= 0.3 is 6.18 Å². The van der Waals surface area contributed by atoms with Crippen LogP contribution in [0.5, 0.6) is 0 Å². The van der Waals surface area contributed by atoms with Gasteiger partial charge in [0.1, 0.15) is 6.04 Å². The Hall–Kier alpha value is -1.79. The minimum atomic E-state index is -4.37. The first-order chi connectivity index (χ1) is 11.4. The lowest BCUT2D eigenvalue weighted by Crippen LogP contribution is -2.32. The van der Waals surface area contributed by atoms with Crippen LogP contribution in [0.25, 0.3) is 0 Å². The van der Waals surface area contributed by atoms with Gasteiger partial charge in [0.25, 0.3) is 0 Å². The fourth-order valence-corrected chi connectivity index (χ4v) is 3.36. The first-order valence-corrected chi connectivity index (χ1v) is 7.99. The zero-order chi connectivity index (χ0) is 17.3. The molecule has 0 spiro atoms. The van der Waals surface area contributed by atoms with Gasteiger partial charge in [-0.3, -0.25) is 4.98 Å². The van der Waals surface area contributed by atoms with E-state index in [4.69, 9.17) is 11.6 Å². The smallest absolute Gasteiger partial charge is 0.380 e. The molecule has 1 heterocycles. The molecule has 0 radical (unpaired) electrons. The SMILES string of the molecule is CN[C@@H](c1ccc(NC2Cc3cccc(Cl)c3C2)cn1)C(F)(F)F. The van der Waals surface area contributed by atoms with Crippen LogP contribution in [0.15, 0.2) is 36.5 Å². The molecule has 0 fully saturated rings. The number of rotatable bonds is 4. The largest absolute Gasteiger partial charge is 0.409 e. The quantitative estimate of drug-likeness (QED) is 0.865. The van der Waals surface area contributed by atoms with Crippen LogP contribution in [0, 0.1) is 0 Å². The van der Waals surface area contributed by atoms with Crippen molar-refractivity contribution < 1.29 is 13.2 Å². The summed E-state index contributed by atoms with van der Waals surface area (Å²) in [5.74, 6) is 0. The molecule has 24 heavy (non-hydrogen) atoms. The molecular formula is C17H17ClF3N3. The summed E-state index contributed by atoms with van der Waals surface area (Å²) < 4.78 is 38.7. The average molecular weight is 356 g/mol. The number of hydrogen-bond donors (Lipinski definition) is 2. The third kappa shape index (κ3) is 3.49. The molecule has 1 aromatic heterocycles. The monoisotopic (exact) mass is 355 g/mol. The van der Waals surface area contributed by atoms with Crippen molar-refractivity contribution in [1.29, 1.82) is 0 Å². The van der Waals surface area contributed by atoms with Crippen molar-refractivity contribution in [3.8, 4) is 0 Å². The van der Waals surface area contributed by atoms with Gasteiger partial charge in [-0.25, -0.2) is 0 Å². The molecule has 2 atom stereocenters. The molecule has 0 bridgehead atoms. The minimum Gasteiger partial charge on any atom is -0.380 e. The lowest BCUT2D eigenvalue weighted by molar-refractivity contribution is -0.157. The van der Waals surface area contributed by atoms with E-state index in [0.717, 1.165) is 23.4 Å². The highest BCUT2D eigenvalue weighted by Gasteiger charge is 2.40. The second-order valence-corrected chi connectivity index (χ2v) is 6.27. The third-order valence-electron chi connectivity index (χ3n) is 4.20. The zero-order valence-electron chi connectivity index (χ0n) is 13.0. The molecule has 7 heteroatoms. The number of fused-ring (bicyclic) bond motifs is 1. The number of pyridine rings is 1. The Morgan fingerprint density at radius 3 is 2.58 bits per heavy atom. The Balaban J connectivity index is 1.69. The maximum absolute atomic E-state index is 12.9. The number of benzene rings is 1. The number of hydrogen-bond acceptors (Lipinski definition) is 3. The molecule has 0 amide bonds. The summed E-state index contributed by atoms with van der Waals surface area (Å²) in [5.41, 5.74) is 2.99. The van der Waals surface area contributed by atoms with E-state index in [1.165, 1.54) is 24.9 Å². The standard InChI is InChI=1S/C17H17ClF3N3/c1-22-16(17(19,20)21)15-6-5-11(9-23-15)24-12-7-10-3-2-4-14(18)13(10)8-12/h2-6,9,12,16,22,24H,7-8H2,1H3/t12?,16-/m0/s1. The zero-order valence-corrected chi connectivity index (χ0v) is 13.7. The summed E-state index contributed by atoms with van der Waals surface area (Å²) in [5, 5.41) is 6.32. The molecule has 128 valence electrons. The lowest BCUT2D eigenvalue weighted by atomic mass is 10.1. The van der Waals surface area contributed by atoms with Crippen molar-refractivity contribution >= 4 is 17.3 Å². The van der Waals surface area contributed by atoms with Gasteiger partial charge in [0.2, 0.25) is 0 Å². The van der Waals surface area contributed by atoms with Crippen molar-refractivity contribution in [3.05, 3.63) is 58.4 Å². The van der Waals surface area contributed by atoms with Crippen molar-refractivity contribution in [1.82, 2.24) is 10.3 Å². The summed E-state index contributed by atoms with van der Waals surface area (Å²) in [4.78, 5) is 3.95. The Labute approximate surface area is 143 Å². The normalized spacial score (nSPS) is 18.3. The summed E-state index contributed by atoms with van der Waals surface area (Å²) >= 11 is 6.20. The van der Waals surface area contributed by atoms with Crippen LogP contribution in [-0.2, 0) is 12.8 Å². The fraction of sp³-hybridized carbons (Fsp3) is 0.353. The maximum atomic E-state index is 12.9. The molecule has 1 unspecified atom stereocenters. The minimum absolute atomic E-state index is 0.0479. The van der Waals surface area contributed by atoms with E-state index < -0.39 is 12.2 Å². The van der Waals surface area contributed by atoms with Crippen LogP contribution >= 0.6 is 11.6 Å². The average Bonchev–Trinajstić information content (AvgIpc) is 2.92. The van der Waals surface area contributed by atoms with Crippen LogP contribution in [0.1, 0.15) is 22.9 Å². The molecular weight excluding hydrogens is 339 g/mol.